The van der Waals surface area contributed by atoms with Crippen molar-refractivity contribution in [1.82, 2.24) is 20.2 Å². The molecule has 3 aromatic rings. The second-order valence-corrected chi connectivity index (χ2v) is 9.13. The number of methoxy groups -OCH3 is 1. The van der Waals surface area contributed by atoms with Gasteiger partial charge in [0.25, 0.3) is 0 Å². The van der Waals surface area contributed by atoms with Gasteiger partial charge in [-0.15, -0.1) is 0 Å². The third-order valence-corrected chi connectivity index (χ3v) is 5.90. The number of ether oxygens (including phenoxy) is 3. The van der Waals surface area contributed by atoms with Crippen molar-refractivity contribution in [3.63, 3.8) is 0 Å². The summed E-state index contributed by atoms with van der Waals surface area (Å²) in [6.45, 7) is 7.83. The first-order valence-corrected chi connectivity index (χ1v) is 11.6. The summed E-state index contributed by atoms with van der Waals surface area (Å²) in [5.41, 5.74) is 3.97. The number of carbonyl (C=O) groups excluding carboxylic acids is 1. The first-order chi connectivity index (χ1) is 16.3. The molecule has 10 heteroatoms. The van der Waals surface area contributed by atoms with Gasteiger partial charge < -0.3 is 19.5 Å². The Labute approximate surface area is 206 Å². The summed E-state index contributed by atoms with van der Waals surface area (Å²) in [6, 6.07) is 11.2. The van der Waals surface area contributed by atoms with Crippen molar-refractivity contribution in [2.75, 3.05) is 12.4 Å². The average molecular weight is 528 g/mol. The Morgan fingerprint density at radius 2 is 2.03 bits per heavy atom. The number of tetrazole rings is 1. The van der Waals surface area contributed by atoms with Crippen LogP contribution in [-0.2, 0) is 16.1 Å². The van der Waals surface area contributed by atoms with Crippen LogP contribution in [0.15, 0.2) is 52.1 Å². The van der Waals surface area contributed by atoms with Gasteiger partial charge in [-0.3, -0.25) is 0 Å². The number of hydrogen-bond donors (Lipinski definition) is 1. The molecule has 1 aromatic heterocycles. The van der Waals surface area contributed by atoms with Crippen LogP contribution in [0.1, 0.15) is 43.5 Å². The van der Waals surface area contributed by atoms with E-state index < -0.39 is 12.0 Å². The molecule has 0 bridgehead atoms. The lowest BCUT2D eigenvalue weighted by Crippen LogP contribution is -2.30. The lowest BCUT2D eigenvalue weighted by Gasteiger charge is -2.28. The highest BCUT2D eigenvalue weighted by atomic mass is 79.9. The monoisotopic (exact) mass is 527 g/mol. The van der Waals surface area contributed by atoms with Crippen molar-refractivity contribution in [2.24, 2.45) is 0 Å². The number of aryl methyl sites for hydroxylation is 1. The van der Waals surface area contributed by atoms with Gasteiger partial charge in [0.1, 0.15) is 12.6 Å². The summed E-state index contributed by atoms with van der Waals surface area (Å²) >= 11 is 3.62. The molecule has 0 saturated carbocycles. The Morgan fingerprint density at radius 3 is 2.74 bits per heavy atom. The van der Waals surface area contributed by atoms with Gasteiger partial charge >= 0.3 is 5.97 Å². The lowest BCUT2D eigenvalue weighted by molar-refractivity contribution is -0.143. The molecule has 1 unspecified atom stereocenters. The van der Waals surface area contributed by atoms with E-state index in [9.17, 15) is 4.79 Å². The summed E-state index contributed by atoms with van der Waals surface area (Å²) in [6.07, 6.45) is -0.276. The van der Waals surface area contributed by atoms with E-state index in [1.54, 1.807) is 18.7 Å². The third-order valence-electron chi connectivity index (χ3n) is 5.31. The van der Waals surface area contributed by atoms with E-state index >= 15 is 0 Å². The Hall–Kier alpha value is -3.40. The number of halogens is 1. The summed E-state index contributed by atoms with van der Waals surface area (Å²) in [5, 5.41) is 15.0. The first-order valence-electron chi connectivity index (χ1n) is 10.8. The fourth-order valence-electron chi connectivity index (χ4n) is 3.86. The van der Waals surface area contributed by atoms with Crippen molar-refractivity contribution in [3.8, 4) is 11.5 Å². The molecule has 178 valence electrons. The highest BCUT2D eigenvalue weighted by Crippen LogP contribution is 2.43. The van der Waals surface area contributed by atoms with Crippen LogP contribution >= 0.6 is 15.9 Å². The highest BCUT2D eigenvalue weighted by molar-refractivity contribution is 9.10. The number of fused-ring (bicyclic) bond motifs is 1. The molecule has 0 spiro atoms. The van der Waals surface area contributed by atoms with Crippen LogP contribution in [0, 0.1) is 6.92 Å². The number of hydrogen-bond acceptors (Lipinski definition) is 8. The van der Waals surface area contributed by atoms with Crippen LogP contribution in [0.2, 0.25) is 0 Å². The lowest BCUT2D eigenvalue weighted by atomic mass is 9.95. The number of nitrogens with one attached hydrogen (secondary N) is 1. The fourth-order valence-corrected chi connectivity index (χ4v) is 4.43. The van der Waals surface area contributed by atoms with Gasteiger partial charge in [0, 0.05) is 5.70 Å². The molecule has 0 fully saturated rings. The van der Waals surface area contributed by atoms with E-state index in [0.717, 1.165) is 16.7 Å². The molecule has 1 atom stereocenters. The molecular formula is C24H26BrN5O4. The molecule has 0 saturated heterocycles. The van der Waals surface area contributed by atoms with Crippen LogP contribution in [0.4, 0.5) is 5.95 Å². The quantitative estimate of drug-likeness (QED) is 0.446. The standard InChI is InChI=1S/C24H26BrN5O4/c1-13(2)34-23(31)20-15(4)26-24-27-28-29-30(24)21(20)17-10-18(25)22(19(11-17)32-5)33-12-16-8-6-7-14(3)9-16/h6-11,13,21H,12H2,1-5H3,(H,26,27,29). The van der Waals surface area contributed by atoms with E-state index in [1.165, 1.54) is 0 Å². The van der Waals surface area contributed by atoms with Gasteiger partial charge in [0.2, 0.25) is 5.95 Å². The second-order valence-electron chi connectivity index (χ2n) is 8.28. The molecule has 1 aliphatic heterocycles. The largest absolute Gasteiger partial charge is 0.493 e. The molecule has 9 nitrogen and oxygen atoms in total. The van der Waals surface area contributed by atoms with Gasteiger partial charge in [-0.2, -0.15) is 4.68 Å². The molecule has 34 heavy (non-hydrogen) atoms. The zero-order valence-electron chi connectivity index (χ0n) is 19.6. The van der Waals surface area contributed by atoms with Crippen molar-refractivity contribution in [3.05, 3.63) is 68.8 Å². The number of benzene rings is 2. The fraction of sp³-hybridized carbons (Fsp3) is 0.333. The topological polar surface area (TPSA) is 100 Å². The Kier molecular flexibility index (Phi) is 6.87. The normalized spacial score (nSPS) is 15.1. The molecule has 1 N–H and O–H groups in total. The molecule has 4 rings (SSSR count). The average Bonchev–Trinajstić information content (AvgIpc) is 3.24. The minimum absolute atomic E-state index is 0.276. The number of rotatable bonds is 7. The molecular weight excluding hydrogens is 502 g/mol. The predicted molar refractivity (Wildman–Crippen MR) is 130 cm³/mol. The molecule has 0 radical (unpaired) electrons. The number of aromatic nitrogens is 4. The Bertz CT molecular complexity index is 1250. The number of anilines is 1. The summed E-state index contributed by atoms with van der Waals surface area (Å²) in [5.74, 6) is 1.06. The Balaban J connectivity index is 1.73. The minimum Gasteiger partial charge on any atom is -0.493 e. The number of allylic oxidation sites excluding steroid dienone is 1. The molecule has 1 aliphatic rings. The zero-order chi connectivity index (χ0) is 24.4. The van der Waals surface area contributed by atoms with E-state index in [4.69, 9.17) is 14.2 Å². The number of nitrogens with zero attached hydrogens (tertiary/aromatic N) is 4. The van der Waals surface area contributed by atoms with Crippen LogP contribution in [0.25, 0.3) is 0 Å². The minimum atomic E-state index is -0.617. The molecule has 0 amide bonds. The van der Waals surface area contributed by atoms with Crippen LogP contribution in [0.5, 0.6) is 11.5 Å². The number of esters is 1. The van der Waals surface area contributed by atoms with Crippen molar-refractivity contribution < 1.29 is 19.0 Å². The molecule has 2 aromatic carbocycles. The van der Waals surface area contributed by atoms with Gasteiger partial charge in [-0.1, -0.05) is 34.9 Å². The summed E-state index contributed by atoms with van der Waals surface area (Å²) in [4.78, 5) is 13.1. The molecule has 2 heterocycles. The Morgan fingerprint density at radius 1 is 1.24 bits per heavy atom. The van der Waals surface area contributed by atoms with E-state index in [-0.39, 0.29) is 6.10 Å². The van der Waals surface area contributed by atoms with Gasteiger partial charge in [-0.05, 0) is 77.3 Å². The smallest absolute Gasteiger partial charge is 0.338 e. The second kappa shape index (κ2) is 9.84. The van der Waals surface area contributed by atoms with E-state index in [2.05, 4.69) is 42.8 Å². The van der Waals surface area contributed by atoms with Gasteiger partial charge in [0.15, 0.2) is 11.5 Å². The summed E-state index contributed by atoms with van der Waals surface area (Å²) in [7, 11) is 1.57. The van der Waals surface area contributed by atoms with Crippen LogP contribution < -0.4 is 14.8 Å². The van der Waals surface area contributed by atoms with Crippen molar-refractivity contribution in [2.45, 2.75) is 46.4 Å². The van der Waals surface area contributed by atoms with Crippen molar-refractivity contribution >= 4 is 27.8 Å². The number of carbonyl (C=O) groups is 1. The van der Waals surface area contributed by atoms with Gasteiger partial charge in [-0.25, -0.2) is 4.79 Å². The van der Waals surface area contributed by atoms with E-state index in [1.807, 2.05) is 51.1 Å². The van der Waals surface area contributed by atoms with Gasteiger partial charge in [0.05, 0.1) is 23.3 Å². The zero-order valence-corrected chi connectivity index (χ0v) is 21.2. The van der Waals surface area contributed by atoms with Crippen molar-refractivity contribution in [1.29, 1.82) is 0 Å². The maximum absolute atomic E-state index is 13.1. The SMILES string of the molecule is COc1cc(C2C(C(=O)OC(C)C)=C(C)Nc3nnnn32)cc(Br)c1OCc1cccc(C)c1. The maximum Gasteiger partial charge on any atom is 0.338 e. The third kappa shape index (κ3) is 4.77. The van der Waals surface area contributed by atoms with Crippen LogP contribution in [0.3, 0.4) is 0 Å². The highest BCUT2D eigenvalue weighted by Gasteiger charge is 2.36. The summed E-state index contributed by atoms with van der Waals surface area (Å²) < 4.78 is 19.5. The molecule has 0 aliphatic carbocycles. The maximum atomic E-state index is 13.1. The van der Waals surface area contributed by atoms with E-state index in [0.29, 0.717) is 39.8 Å². The predicted octanol–water partition coefficient (Wildman–Crippen LogP) is 4.57. The first kappa shape index (κ1) is 23.7. The van der Waals surface area contributed by atoms with Crippen LogP contribution in [-0.4, -0.2) is 39.4 Å².